The SMILES string of the molecule is NC1c2ccccc2-c2c(Br)cccc21. The fraction of sp³-hybridized carbons (Fsp3) is 0.0769. The molecule has 0 saturated heterocycles. The molecule has 2 aromatic carbocycles. The minimum Gasteiger partial charge on any atom is -0.320 e. The van der Waals surface area contributed by atoms with Crippen molar-refractivity contribution < 1.29 is 0 Å². The average molecular weight is 260 g/mol. The van der Waals surface area contributed by atoms with Crippen molar-refractivity contribution in [3.05, 3.63) is 58.1 Å². The van der Waals surface area contributed by atoms with Gasteiger partial charge in [-0.15, -0.1) is 0 Å². The Kier molecular flexibility index (Phi) is 1.94. The average Bonchev–Trinajstić information content (AvgIpc) is 2.55. The third-order valence-electron chi connectivity index (χ3n) is 2.95. The molecule has 2 aromatic rings. The lowest BCUT2D eigenvalue weighted by Crippen LogP contribution is -2.07. The molecule has 0 fully saturated rings. The summed E-state index contributed by atoms with van der Waals surface area (Å²) in [7, 11) is 0. The molecular weight excluding hydrogens is 250 g/mol. The Morgan fingerprint density at radius 2 is 1.67 bits per heavy atom. The molecule has 0 amide bonds. The lowest BCUT2D eigenvalue weighted by atomic mass is 10.1. The fourth-order valence-corrected chi connectivity index (χ4v) is 2.84. The highest BCUT2D eigenvalue weighted by atomic mass is 79.9. The highest BCUT2D eigenvalue weighted by Crippen LogP contribution is 2.45. The number of halogens is 1. The number of hydrogen-bond donors (Lipinski definition) is 1. The van der Waals surface area contributed by atoms with Gasteiger partial charge in [0.1, 0.15) is 0 Å². The van der Waals surface area contributed by atoms with E-state index in [-0.39, 0.29) is 6.04 Å². The van der Waals surface area contributed by atoms with Crippen LogP contribution < -0.4 is 5.73 Å². The zero-order valence-corrected chi connectivity index (χ0v) is 9.66. The maximum atomic E-state index is 6.21. The zero-order chi connectivity index (χ0) is 10.4. The van der Waals surface area contributed by atoms with E-state index in [0.29, 0.717) is 0 Å². The van der Waals surface area contributed by atoms with E-state index in [2.05, 4.69) is 46.3 Å². The summed E-state index contributed by atoms with van der Waals surface area (Å²) in [5, 5.41) is 0. The molecule has 0 bridgehead atoms. The van der Waals surface area contributed by atoms with Gasteiger partial charge in [-0.25, -0.2) is 0 Å². The summed E-state index contributed by atoms with van der Waals surface area (Å²) >= 11 is 3.59. The topological polar surface area (TPSA) is 26.0 Å². The van der Waals surface area contributed by atoms with Crippen LogP contribution in [0, 0.1) is 0 Å². The standard InChI is InChI=1S/C13H10BrN/c14-11-7-3-6-10-12(11)8-4-1-2-5-9(8)13(10)15/h1-7,13H,15H2. The van der Waals surface area contributed by atoms with Gasteiger partial charge in [-0.1, -0.05) is 52.3 Å². The lowest BCUT2D eigenvalue weighted by Gasteiger charge is -2.05. The Morgan fingerprint density at radius 1 is 0.933 bits per heavy atom. The van der Waals surface area contributed by atoms with Crippen LogP contribution in [0.5, 0.6) is 0 Å². The molecular formula is C13H10BrN. The maximum Gasteiger partial charge on any atom is 0.0564 e. The molecule has 1 aliphatic rings. The minimum absolute atomic E-state index is 0.0219. The van der Waals surface area contributed by atoms with E-state index in [9.17, 15) is 0 Å². The van der Waals surface area contributed by atoms with Crippen molar-refractivity contribution in [1.82, 2.24) is 0 Å². The zero-order valence-electron chi connectivity index (χ0n) is 8.07. The number of rotatable bonds is 0. The van der Waals surface area contributed by atoms with Crippen LogP contribution in [0.4, 0.5) is 0 Å². The highest BCUT2D eigenvalue weighted by molar-refractivity contribution is 9.10. The first-order valence-electron chi connectivity index (χ1n) is 4.92. The number of nitrogens with two attached hydrogens (primary N) is 1. The first-order valence-corrected chi connectivity index (χ1v) is 5.71. The Hall–Kier alpha value is -1.12. The van der Waals surface area contributed by atoms with Crippen LogP contribution in [0.1, 0.15) is 17.2 Å². The molecule has 3 rings (SSSR count). The molecule has 15 heavy (non-hydrogen) atoms. The van der Waals surface area contributed by atoms with Crippen molar-refractivity contribution >= 4 is 15.9 Å². The van der Waals surface area contributed by atoms with Crippen molar-refractivity contribution in [3.8, 4) is 11.1 Å². The van der Waals surface area contributed by atoms with Gasteiger partial charge in [0.15, 0.2) is 0 Å². The number of hydrogen-bond acceptors (Lipinski definition) is 1. The van der Waals surface area contributed by atoms with Crippen LogP contribution >= 0.6 is 15.9 Å². The van der Waals surface area contributed by atoms with E-state index in [4.69, 9.17) is 5.73 Å². The van der Waals surface area contributed by atoms with Crippen LogP contribution in [-0.4, -0.2) is 0 Å². The molecule has 2 heteroatoms. The predicted octanol–water partition coefficient (Wildman–Crippen LogP) is 3.48. The van der Waals surface area contributed by atoms with E-state index in [0.717, 1.165) is 4.47 Å². The monoisotopic (exact) mass is 259 g/mol. The van der Waals surface area contributed by atoms with Crippen LogP contribution in [-0.2, 0) is 0 Å². The second-order valence-electron chi connectivity index (χ2n) is 3.77. The van der Waals surface area contributed by atoms with Gasteiger partial charge >= 0.3 is 0 Å². The van der Waals surface area contributed by atoms with Crippen LogP contribution in [0.2, 0.25) is 0 Å². The predicted molar refractivity (Wildman–Crippen MR) is 65.6 cm³/mol. The van der Waals surface area contributed by atoms with E-state index < -0.39 is 0 Å². The van der Waals surface area contributed by atoms with E-state index >= 15 is 0 Å². The molecule has 0 saturated carbocycles. The Balaban J connectivity index is 2.39. The van der Waals surface area contributed by atoms with Gasteiger partial charge in [0.2, 0.25) is 0 Å². The molecule has 1 aliphatic carbocycles. The first-order chi connectivity index (χ1) is 7.29. The number of fused-ring (bicyclic) bond motifs is 3. The molecule has 2 N–H and O–H groups in total. The summed E-state index contributed by atoms with van der Waals surface area (Å²) < 4.78 is 1.13. The molecule has 0 radical (unpaired) electrons. The summed E-state index contributed by atoms with van der Waals surface area (Å²) in [5.74, 6) is 0. The van der Waals surface area contributed by atoms with Crippen LogP contribution in [0.15, 0.2) is 46.9 Å². The van der Waals surface area contributed by atoms with E-state index in [1.54, 1.807) is 0 Å². The molecule has 1 unspecified atom stereocenters. The first kappa shape index (κ1) is 9.13. The quantitative estimate of drug-likeness (QED) is 0.771. The fourth-order valence-electron chi connectivity index (χ4n) is 2.25. The summed E-state index contributed by atoms with van der Waals surface area (Å²) in [4.78, 5) is 0. The molecule has 0 aromatic heterocycles. The van der Waals surface area contributed by atoms with E-state index in [1.807, 2.05) is 12.1 Å². The second kappa shape index (κ2) is 3.19. The highest BCUT2D eigenvalue weighted by Gasteiger charge is 2.26. The Morgan fingerprint density at radius 3 is 2.53 bits per heavy atom. The van der Waals surface area contributed by atoms with Crippen molar-refractivity contribution in [2.45, 2.75) is 6.04 Å². The minimum atomic E-state index is 0.0219. The second-order valence-corrected chi connectivity index (χ2v) is 4.62. The summed E-state index contributed by atoms with van der Waals surface area (Å²) in [6, 6.07) is 14.6. The van der Waals surface area contributed by atoms with Crippen molar-refractivity contribution in [2.24, 2.45) is 5.73 Å². The van der Waals surface area contributed by atoms with Crippen LogP contribution in [0.3, 0.4) is 0 Å². The summed E-state index contributed by atoms with van der Waals surface area (Å²) in [6.07, 6.45) is 0. The smallest absolute Gasteiger partial charge is 0.0564 e. The molecule has 74 valence electrons. The summed E-state index contributed by atoms with van der Waals surface area (Å²) in [5.41, 5.74) is 11.1. The Labute approximate surface area is 97.1 Å². The van der Waals surface area contributed by atoms with Crippen molar-refractivity contribution in [3.63, 3.8) is 0 Å². The lowest BCUT2D eigenvalue weighted by molar-refractivity contribution is 0.901. The maximum absolute atomic E-state index is 6.21. The molecule has 0 heterocycles. The normalized spacial score (nSPS) is 17.3. The third kappa shape index (κ3) is 1.18. The third-order valence-corrected chi connectivity index (χ3v) is 3.61. The summed E-state index contributed by atoms with van der Waals surface area (Å²) in [6.45, 7) is 0. The van der Waals surface area contributed by atoms with Gasteiger partial charge in [0.25, 0.3) is 0 Å². The van der Waals surface area contributed by atoms with Crippen molar-refractivity contribution in [2.75, 3.05) is 0 Å². The molecule has 0 spiro atoms. The van der Waals surface area contributed by atoms with Gasteiger partial charge in [0, 0.05) is 10.0 Å². The molecule has 1 nitrogen and oxygen atoms in total. The van der Waals surface area contributed by atoms with Gasteiger partial charge < -0.3 is 5.73 Å². The van der Waals surface area contributed by atoms with Gasteiger partial charge in [-0.2, -0.15) is 0 Å². The van der Waals surface area contributed by atoms with Crippen LogP contribution in [0.25, 0.3) is 11.1 Å². The Bertz CT molecular complexity index is 534. The van der Waals surface area contributed by atoms with E-state index in [1.165, 1.54) is 22.3 Å². The van der Waals surface area contributed by atoms with Gasteiger partial charge in [-0.3, -0.25) is 0 Å². The molecule has 1 atom stereocenters. The molecule has 0 aliphatic heterocycles. The number of benzene rings is 2. The van der Waals surface area contributed by atoms with Crippen molar-refractivity contribution in [1.29, 1.82) is 0 Å². The van der Waals surface area contributed by atoms with Gasteiger partial charge in [0.05, 0.1) is 6.04 Å². The van der Waals surface area contributed by atoms with Gasteiger partial charge in [-0.05, 0) is 22.8 Å². The largest absolute Gasteiger partial charge is 0.320 e.